The molecule has 2 bridgehead atoms. The van der Waals surface area contributed by atoms with Crippen molar-refractivity contribution in [3.05, 3.63) is 35.4 Å². The molecule has 2 saturated carbocycles. The van der Waals surface area contributed by atoms with E-state index in [1.54, 1.807) is 0 Å². The van der Waals surface area contributed by atoms with Crippen LogP contribution in [0.4, 0.5) is 0 Å². The van der Waals surface area contributed by atoms with Crippen LogP contribution in [0.1, 0.15) is 49.3 Å². The molecule has 3 aliphatic carbocycles. The summed E-state index contributed by atoms with van der Waals surface area (Å²) in [6.45, 7) is 0. The molecule has 2 fully saturated rings. The fourth-order valence-electron chi connectivity index (χ4n) is 4.90. The number of fused-ring (bicyclic) bond motifs is 3. The summed E-state index contributed by atoms with van der Waals surface area (Å²) in [7, 11) is 0. The molecule has 1 amide bonds. The van der Waals surface area contributed by atoms with Gasteiger partial charge in [0.25, 0.3) is 0 Å². The average Bonchev–Trinajstić information content (AvgIpc) is 3.08. The van der Waals surface area contributed by atoms with Crippen LogP contribution in [0.5, 0.6) is 0 Å². The lowest BCUT2D eigenvalue weighted by Crippen LogP contribution is -2.46. The standard InChI is InChI=1S/C18H24N2O/c19-17-13-9-8-12(10-13)16(17)18(21)20-15-7-3-5-11-4-1-2-6-14(11)15/h1-2,4,6,12-13,15-17H,3,5,7-10,19H2,(H,20,21). The largest absolute Gasteiger partial charge is 0.349 e. The van der Waals surface area contributed by atoms with Crippen molar-refractivity contribution in [2.45, 2.75) is 50.6 Å². The van der Waals surface area contributed by atoms with Gasteiger partial charge >= 0.3 is 0 Å². The molecule has 3 N–H and O–H groups in total. The minimum Gasteiger partial charge on any atom is -0.349 e. The smallest absolute Gasteiger partial charge is 0.225 e. The Morgan fingerprint density at radius 2 is 1.95 bits per heavy atom. The Labute approximate surface area is 126 Å². The second-order valence-corrected chi connectivity index (χ2v) is 7.09. The first-order valence-electron chi connectivity index (χ1n) is 8.38. The number of aryl methyl sites for hydroxylation is 1. The monoisotopic (exact) mass is 284 g/mol. The molecule has 3 aliphatic rings. The number of benzene rings is 1. The number of amides is 1. The van der Waals surface area contributed by atoms with Gasteiger partial charge in [0.05, 0.1) is 12.0 Å². The van der Waals surface area contributed by atoms with Crippen LogP contribution in [0.25, 0.3) is 0 Å². The van der Waals surface area contributed by atoms with Crippen molar-refractivity contribution in [1.82, 2.24) is 5.32 Å². The maximum atomic E-state index is 12.7. The molecule has 21 heavy (non-hydrogen) atoms. The Morgan fingerprint density at radius 1 is 1.14 bits per heavy atom. The summed E-state index contributed by atoms with van der Waals surface area (Å²) in [5.74, 6) is 1.38. The fraction of sp³-hybridized carbons (Fsp3) is 0.611. The molecule has 0 radical (unpaired) electrons. The molecular weight excluding hydrogens is 260 g/mol. The molecule has 3 heteroatoms. The molecule has 0 heterocycles. The van der Waals surface area contributed by atoms with Crippen LogP contribution in [0, 0.1) is 17.8 Å². The SMILES string of the molecule is NC1C2CCC(C2)C1C(=O)NC1CCCc2ccccc21. The highest BCUT2D eigenvalue weighted by atomic mass is 16.2. The van der Waals surface area contributed by atoms with E-state index in [9.17, 15) is 4.79 Å². The minimum atomic E-state index is 0.0536. The average molecular weight is 284 g/mol. The Hall–Kier alpha value is -1.35. The van der Waals surface area contributed by atoms with E-state index in [0.29, 0.717) is 11.8 Å². The topological polar surface area (TPSA) is 55.1 Å². The lowest BCUT2D eigenvalue weighted by molar-refractivity contribution is -0.127. The summed E-state index contributed by atoms with van der Waals surface area (Å²) in [6, 6.07) is 8.80. The van der Waals surface area contributed by atoms with E-state index >= 15 is 0 Å². The normalized spacial score (nSPS) is 37.3. The highest BCUT2D eigenvalue weighted by Gasteiger charge is 2.49. The molecule has 4 rings (SSSR count). The Kier molecular flexibility index (Phi) is 3.26. The number of rotatable bonds is 2. The predicted octanol–water partition coefficient (Wildman–Crippen LogP) is 2.55. The first-order chi connectivity index (χ1) is 10.2. The molecule has 3 nitrogen and oxygen atoms in total. The van der Waals surface area contributed by atoms with Crippen molar-refractivity contribution in [2.24, 2.45) is 23.5 Å². The number of hydrogen-bond acceptors (Lipinski definition) is 2. The predicted molar refractivity (Wildman–Crippen MR) is 82.6 cm³/mol. The van der Waals surface area contributed by atoms with Gasteiger partial charge in [-0.1, -0.05) is 24.3 Å². The molecule has 5 atom stereocenters. The van der Waals surface area contributed by atoms with Crippen molar-refractivity contribution in [3.8, 4) is 0 Å². The van der Waals surface area contributed by atoms with Gasteiger partial charge in [0.2, 0.25) is 5.91 Å². The number of hydrogen-bond donors (Lipinski definition) is 2. The highest BCUT2D eigenvalue weighted by Crippen LogP contribution is 2.48. The van der Waals surface area contributed by atoms with Crippen LogP contribution in [0.3, 0.4) is 0 Å². The van der Waals surface area contributed by atoms with Gasteiger partial charge in [0.1, 0.15) is 0 Å². The van der Waals surface area contributed by atoms with Crippen LogP contribution < -0.4 is 11.1 Å². The van der Waals surface area contributed by atoms with Crippen molar-refractivity contribution in [3.63, 3.8) is 0 Å². The number of nitrogens with one attached hydrogen (secondary N) is 1. The number of nitrogens with two attached hydrogens (primary N) is 1. The molecule has 1 aromatic carbocycles. The Balaban J connectivity index is 1.51. The highest BCUT2D eigenvalue weighted by molar-refractivity contribution is 5.81. The second kappa shape index (κ2) is 5.13. The lowest BCUT2D eigenvalue weighted by atomic mass is 9.83. The zero-order valence-corrected chi connectivity index (χ0v) is 12.4. The summed E-state index contributed by atoms with van der Waals surface area (Å²) in [5.41, 5.74) is 9.01. The van der Waals surface area contributed by atoms with Gasteiger partial charge in [0.15, 0.2) is 0 Å². The summed E-state index contributed by atoms with van der Waals surface area (Å²) >= 11 is 0. The van der Waals surface area contributed by atoms with Crippen LogP contribution in [0.15, 0.2) is 24.3 Å². The van der Waals surface area contributed by atoms with Crippen LogP contribution >= 0.6 is 0 Å². The molecule has 0 aliphatic heterocycles. The van der Waals surface area contributed by atoms with E-state index in [1.165, 1.54) is 30.4 Å². The van der Waals surface area contributed by atoms with E-state index in [-0.39, 0.29) is 23.9 Å². The molecule has 0 aromatic heterocycles. The zero-order chi connectivity index (χ0) is 14.4. The van der Waals surface area contributed by atoms with E-state index < -0.39 is 0 Å². The summed E-state index contributed by atoms with van der Waals surface area (Å²) in [6.07, 6.45) is 6.93. The lowest BCUT2D eigenvalue weighted by Gasteiger charge is -2.31. The summed E-state index contributed by atoms with van der Waals surface area (Å²) in [5, 5.41) is 3.31. The van der Waals surface area contributed by atoms with Crippen LogP contribution in [-0.2, 0) is 11.2 Å². The molecule has 112 valence electrons. The first-order valence-corrected chi connectivity index (χ1v) is 8.38. The Bertz CT molecular complexity index is 554. The van der Waals surface area contributed by atoms with Gasteiger partial charge in [-0.2, -0.15) is 0 Å². The third-order valence-corrected chi connectivity index (χ3v) is 5.97. The van der Waals surface area contributed by atoms with Crippen molar-refractivity contribution in [1.29, 1.82) is 0 Å². The molecular formula is C18H24N2O. The molecule has 0 spiro atoms. The van der Waals surface area contributed by atoms with Crippen LogP contribution in [-0.4, -0.2) is 11.9 Å². The quantitative estimate of drug-likeness (QED) is 0.877. The summed E-state index contributed by atoms with van der Waals surface area (Å²) < 4.78 is 0. The minimum absolute atomic E-state index is 0.0536. The van der Waals surface area contributed by atoms with Gasteiger partial charge in [0, 0.05) is 6.04 Å². The molecule has 5 unspecified atom stereocenters. The van der Waals surface area contributed by atoms with Gasteiger partial charge < -0.3 is 11.1 Å². The van der Waals surface area contributed by atoms with Crippen molar-refractivity contribution >= 4 is 5.91 Å². The maximum absolute atomic E-state index is 12.7. The summed E-state index contributed by atoms with van der Waals surface area (Å²) in [4.78, 5) is 12.7. The third-order valence-electron chi connectivity index (χ3n) is 5.97. The van der Waals surface area contributed by atoms with E-state index in [1.807, 2.05) is 0 Å². The van der Waals surface area contributed by atoms with Crippen LogP contribution in [0.2, 0.25) is 0 Å². The number of carbonyl (C=O) groups excluding carboxylic acids is 1. The third kappa shape index (κ3) is 2.18. The molecule has 0 saturated heterocycles. The first kappa shape index (κ1) is 13.3. The van der Waals surface area contributed by atoms with Gasteiger partial charge in [-0.3, -0.25) is 4.79 Å². The fourth-order valence-corrected chi connectivity index (χ4v) is 4.90. The second-order valence-electron chi connectivity index (χ2n) is 7.09. The van der Waals surface area contributed by atoms with Crippen molar-refractivity contribution in [2.75, 3.05) is 0 Å². The number of carbonyl (C=O) groups is 1. The van der Waals surface area contributed by atoms with E-state index in [4.69, 9.17) is 5.73 Å². The Morgan fingerprint density at radius 3 is 2.76 bits per heavy atom. The molecule has 1 aromatic rings. The van der Waals surface area contributed by atoms with Gasteiger partial charge in [-0.05, 0) is 61.5 Å². The van der Waals surface area contributed by atoms with Crippen molar-refractivity contribution < 1.29 is 4.79 Å². The van der Waals surface area contributed by atoms with E-state index in [2.05, 4.69) is 29.6 Å². The van der Waals surface area contributed by atoms with Gasteiger partial charge in [-0.15, -0.1) is 0 Å². The van der Waals surface area contributed by atoms with E-state index in [0.717, 1.165) is 19.3 Å². The zero-order valence-electron chi connectivity index (χ0n) is 12.4. The maximum Gasteiger partial charge on any atom is 0.225 e. The van der Waals surface area contributed by atoms with Gasteiger partial charge in [-0.25, -0.2) is 0 Å².